The number of carbonyl (C=O) groups excluding carboxylic acids is 1. The second-order valence-electron chi connectivity index (χ2n) is 9.41. The Labute approximate surface area is 236 Å². The van der Waals surface area contributed by atoms with E-state index in [1.807, 2.05) is 0 Å². The molecule has 5 rings (SSSR count). The number of nitrogens with zero attached hydrogens (tertiary/aromatic N) is 5. The van der Waals surface area contributed by atoms with Crippen LogP contribution in [0.4, 0.5) is 18.0 Å². The number of piperidine rings is 1. The number of ether oxygens (including phenoxy) is 1. The van der Waals surface area contributed by atoms with Gasteiger partial charge in [0.15, 0.2) is 0 Å². The van der Waals surface area contributed by atoms with Crippen LogP contribution in [0, 0.1) is 0 Å². The number of benzene rings is 3. The van der Waals surface area contributed by atoms with Crippen molar-refractivity contribution < 1.29 is 32.6 Å². The molecule has 0 atom stereocenters. The van der Waals surface area contributed by atoms with Gasteiger partial charge in [-0.05, 0) is 89.3 Å². The van der Waals surface area contributed by atoms with Crippen molar-refractivity contribution in [2.75, 3.05) is 13.1 Å². The van der Waals surface area contributed by atoms with Crippen LogP contribution >= 0.6 is 11.8 Å². The molecule has 13 heteroatoms. The van der Waals surface area contributed by atoms with Gasteiger partial charge in [0.2, 0.25) is 5.16 Å². The lowest BCUT2D eigenvalue weighted by atomic mass is 10.0. The molecule has 1 aromatic heterocycles. The molecule has 1 aliphatic heterocycles. The predicted molar refractivity (Wildman–Crippen MR) is 143 cm³/mol. The number of aromatic carboxylic acids is 1. The lowest BCUT2D eigenvalue weighted by Crippen LogP contribution is -2.41. The molecule has 2 heterocycles. The molecule has 1 saturated heterocycles. The van der Waals surface area contributed by atoms with Gasteiger partial charge < -0.3 is 14.7 Å². The van der Waals surface area contributed by atoms with Crippen LogP contribution in [-0.4, -0.2) is 60.6 Å². The fourth-order valence-electron chi connectivity index (χ4n) is 4.35. The monoisotopic (exact) mass is 583 g/mol. The highest BCUT2D eigenvalue weighted by molar-refractivity contribution is 7.99. The minimum atomic E-state index is -4.37. The fraction of sp³-hybridized carbons (Fsp3) is 0.250. The number of alkyl halides is 3. The lowest BCUT2D eigenvalue weighted by Gasteiger charge is -2.30. The van der Waals surface area contributed by atoms with Crippen molar-refractivity contribution in [2.24, 2.45) is 0 Å². The Morgan fingerprint density at radius 1 is 0.927 bits per heavy atom. The van der Waals surface area contributed by atoms with Crippen molar-refractivity contribution >= 4 is 23.8 Å². The van der Waals surface area contributed by atoms with E-state index in [1.54, 1.807) is 46.0 Å². The zero-order valence-corrected chi connectivity index (χ0v) is 22.3. The van der Waals surface area contributed by atoms with E-state index >= 15 is 0 Å². The van der Waals surface area contributed by atoms with Crippen LogP contribution in [0.25, 0.3) is 5.69 Å². The van der Waals surface area contributed by atoms with Gasteiger partial charge in [0.25, 0.3) is 0 Å². The quantitative estimate of drug-likeness (QED) is 0.294. The third-order valence-corrected chi connectivity index (χ3v) is 7.86. The topological polar surface area (TPSA) is 110 Å². The van der Waals surface area contributed by atoms with Crippen LogP contribution in [0.5, 0.6) is 5.75 Å². The molecule has 0 spiro atoms. The first kappa shape index (κ1) is 28.1. The van der Waals surface area contributed by atoms with E-state index in [2.05, 4.69) is 15.5 Å². The summed E-state index contributed by atoms with van der Waals surface area (Å²) in [7, 11) is 0. The SMILES string of the molecule is O=C(O)c1ccc(-n2nnnc2SC2CCN(C(=O)Oc3ccc(Cc4ccc(C(F)(F)F)cc4)cc3)CC2)cc1. The summed E-state index contributed by atoms with van der Waals surface area (Å²) in [6.45, 7) is 0.995. The molecule has 1 N–H and O–H groups in total. The van der Waals surface area contributed by atoms with E-state index in [1.165, 1.54) is 36.0 Å². The Bertz CT molecular complexity index is 1500. The maximum Gasteiger partial charge on any atom is 0.416 e. The minimum absolute atomic E-state index is 0.171. The van der Waals surface area contributed by atoms with Crippen molar-refractivity contribution in [1.82, 2.24) is 25.1 Å². The Morgan fingerprint density at radius 2 is 1.54 bits per heavy atom. The van der Waals surface area contributed by atoms with Crippen LogP contribution in [0.1, 0.15) is 39.9 Å². The average molecular weight is 584 g/mol. The molecule has 0 unspecified atom stereocenters. The molecule has 0 aliphatic carbocycles. The molecule has 9 nitrogen and oxygen atoms in total. The van der Waals surface area contributed by atoms with Gasteiger partial charge >= 0.3 is 18.2 Å². The molecule has 212 valence electrons. The van der Waals surface area contributed by atoms with Gasteiger partial charge in [0.05, 0.1) is 16.8 Å². The number of thioether (sulfide) groups is 1. The Kier molecular flexibility index (Phi) is 8.24. The van der Waals surface area contributed by atoms with Crippen molar-refractivity contribution in [2.45, 2.75) is 35.8 Å². The number of amides is 1. The van der Waals surface area contributed by atoms with E-state index < -0.39 is 23.8 Å². The number of hydrogen-bond donors (Lipinski definition) is 1. The Balaban J connectivity index is 1.10. The van der Waals surface area contributed by atoms with Gasteiger partial charge in [-0.2, -0.15) is 17.9 Å². The average Bonchev–Trinajstić information content (AvgIpc) is 3.42. The summed E-state index contributed by atoms with van der Waals surface area (Å²) < 4.78 is 45.4. The minimum Gasteiger partial charge on any atom is -0.478 e. The summed E-state index contributed by atoms with van der Waals surface area (Å²) in [4.78, 5) is 25.5. The van der Waals surface area contributed by atoms with Gasteiger partial charge in [0, 0.05) is 18.3 Å². The number of carbonyl (C=O) groups is 2. The van der Waals surface area contributed by atoms with E-state index in [4.69, 9.17) is 9.84 Å². The van der Waals surface area contributed by atoms with Crippen molar-refractivity contribution in [1.29, 1.82) is 0 Å². The number of hydrogen-bond acceptors (Lipinski definition) is 7. The van der Waals surface area contributed by atoms with Crippen LogP contribution in [0.15, 0.2) is 78.0 Å². The standard InChI is InChI=1S/C28H24F3N5O4S/c29-28(30,31)21-7-1-18(2-8-21)17-19-3-11-23(12-4-19)40-27(39)35-15-13-24(14-16-35)41-26-32-33-34-36(26)22-9-5-20(6-10-22)25(37)38/h1-12,24H,13-17H2,(H,37,38). The Hall–Kier alpha value is -4.39. The van der Waals surface area contributed by atoms with Crippen LogP contribution in [-0.2, 0) is 12.6 Å². The van der Waals surface area contributed by atoms with Gasteiger partial charge in [-0.15, -0.1) is 5.10 Å². The molecule has 3 aromatic carbocycles. The molecule has 4 aromatic rings. The van der Waals surface area contributed by atoms with E-state index in [0.29, 0.717) is 48.9 Å². The maximum absolute atomic E-state index is 12.8. The third kappa shape index (κ3) is 7.04. The number of halogens is 3. The third-order valence-electron chi connectivity index (χ3n) is 6.59. The summed E-state index contributed by atoms with van der Waals surface area (Å²) in [5.41, 5.74) is 1.76. The number of rotatable bonds is 7. The first-order valence-electron chi connectivity index (χ1n) is 12.7. The summed E-state index contributed by atoms with van der Waals surface area (Å²) >= 11 is 1.50. The summed E-state index contributed by atoms with van der Waals surface area (Å²) in [6, 6.07) is 18.2. The largest absolute Gasteiger partial charge is 0.478 e. The van der Waals surface area contributed by atoms with Crippen molar-refractivity contribution in [3.8, 4) is 11.4 Å². The number of carboxylic acid groups (broad SMARTS) is 1. The highest BCUT2D eigenvalue weighted by Gasteiger charge is 2.30. The van der Waals surface area contributed by atoms with Crippen LogP contribution < -0.4 is 4.74 Å². The highest BCUT2D eigenvalue weighted by atomic mass is 32.2. The first-order valence-corrected chi connectivity index (χ1v) is 13.5. The molecule has 41 heavy (non-hydrogen) atoms. The van der Waals surface area contributed by atoms with E-state index in [-0.39, 0.29) is 10.8 Å². The molecule has 1 fully saturated rings. The van der Waals surface area contributed by atoms with Gasteiger partial charge in [-0.25, -0.2) is 9.59 Å². The zero-order valence-electron chi connectivity index (χ0n) is 21.5. The highest BCUT2D eigenvalue weighted by Crippen LogP contribution is 2.31. The molecule has 0 bridgehead atoms. The smallest absolute Gasteiger partial charge is 0.416 e. The molecular weight excluding hydrogens is 559 g/mol. The lowest BCUT2D eigenvalue weighted by molar-refractivity contribution is -0.137. The second kappa shape index (κ2) is 12.0. The Morgan fingerprint density at radius 3 is 2.12 bits per heavy atom. The molecule has 0 saturated carbocycles. The van der Waals surface area contributed by atoms with Crippen LogP contribution in [0.3, 0.4) is 0 Å². The maximum atomic E-state index is 12.8. The van der Waals surface area contributed by atoms with E-state index in [0.717, 1.165) is 23.3 Å². The number of aromatic nitrogens is 4. The summed E-state index contributed by atoms with van der Waals surface area (Å²) in [5, 5.41) is 21.7. The summed E-state index contributed by atoms with van der Waals surface area (Å²) in [5.74, 6) is -0.627. The normalized spacial score (nSPS) is 14.2. The number of likely N-dealkylation sites (tertiary alicyclic amines) is 1. The van der Waals surface area contributed by atoms with Gasteiger partial charge in [0.1, 0.15) is 5.75 Å². The molecule has 0 radical (unpaired) electrons. The zero-order chi connectivity index (χ0) is 29.0. The second-order valence-corrected chi connectivity index (χ2v) is 10.7. The first-order chi connectivity index (χ1) is 19.7. The number of tetrazole rings is 1. The predicted octanol–water partition coefficient (Wildman–Crippen LogP) is 5.73. The molecule has 1 amide bonds. The molecular formula is C28H24F3N5O4S. The van der Waals surface area contributed by atoms with Gasteiger partial charge in [-0.1, -0.05) is 36.0 Å². The van der Waals surface area contributed by atoms with Crippen molar-refractivity contribution in [3.63, 3.8) is 0 Å². The van der Waals surface area contributed by atoms with E-state index in [9.17, 15) is 22.8 Å². The number of carboxylic acids is 1. The van der Waals surface area contributed by atoms with Gasteiger partial charge in [-0.3, -0.25) is 0 Å². The van der Waals surface area contributed by atoms with Crippen LogP contribution in [0.2, 0.25) is 0 Å². The fourth-order valence-corrected chi connectivity index (χ4v) is 5.42. The summed E-state index contributed by atoms with van der Waals surface area (Å²) in [6.07, 6.45) is -2.95. The van der Waals surface area contributed by atoms with Crippen molar-refractivity contribution in [3.05, 3.63) is 95.1 Å². The molecule has 1 aliphatic rings.